The second-order valence-corrected chi connectivity index (χ2v) is 9.83. The van der Waals surface area contributed by atoms with Crippen LogP contribution in [0.3, 0.4) is 0 Å². The van der Waals surface area contributed by atoms with E-state index in [0.717, 1.165) is 44.5 Å². The SMILES string of the molecule is CCCN1C(=O)C(CC(=O)OCc2ccccc2)NC(=O)C12CCN(CCCc1ccccc1)CC2. The maximum Gasteiger partial charge on any atom is 0.308 e. The third-order valence-electron chi connectivity index (χ3n) is 7.34. The van der Waals surface area contributed by atoms with Gasteiger partial charge in [-0.15, -0.1) is 0 Å². The Morgan fingerprint density at radius 1 is 0.972 bits per heavy atom. The summed E-state index contributed by atoms with van der Waals surface area (Å²) in [7, 11) is 0. The van der Waals surface area contributed by atoms with Crippen LogP contribution < -0.4 is 5.32 Å². The number of nitrogens with zero attached hydrogens (tertiary/aromatic N) is 2. The van der Waals surface area contributed by atoms with Crippen LogP contribution in [-0.2, 0) is 32.1 Å². The summed E-state index contributed by atoms with van der Waals surface area (Å²) in [6.45, 7) is 5.20. The molecule has 0 aromatic heterocycles. The number of benzene rings is 2. The smallest absolute Gasteiger partial charge is 0.308 e. The molecule has 2 aromatic carbocycles. The first-order valence-electron chi connectivity index (χ1n) is 13.1. The van der Waals surface area contributed by atoms with E-state index < -0.39 is 17.6 Å². The molecule has 1 atom stereocenters. The third kappa shape index (κ3) is 6.13. The second kappa shape index (κ2) is 12.2. The number of esters is 1. The van der Waals surface area contributed by atoms with Gasteiger partial charge in [-0.2, -0.15) is 0 Å². The van der Waals surface area contributed by atoms with Crippen LogP contribution in [0.1, 0.15) is 50.2 Å². The van der Waals surface area contributed by atoms with Crippen molar-refractivity contribution < 1.29 is 19.1 Å². The van der Waals surface area contributed by atoms with Gasteiger partial charge in [0.2, 0.25) is 11.8 Å². The van der Waals surface area contributed by atoms with E-state index in [1.807, 2.05) is 43.3 Å². The average Bonchev–Trinajstić information content (AvgIpc) is 2.91. The number of hydrogen-bond acceptors (Lipinski definition) is 5. The molecule has 1 unspecified atom stereocenters. The molecule has 4 rings (SSSR count). The number of rotatable bonds is 10. The van der Waals surface area contributed by atoms with Gasteiger partial charge in [0, 0.05) is 19.6 Å². The number of piperidine rings is 1. The fraction of sp³-hybridized carbons (Fsp3) is 0.483. The molecule has 192 valence electrons. The standard InChI is InChI=1S/C29H37N3O4/c1-2-17-32-27(34)25(21-26(33)36-22-24-12-7-4-8-13-24)30-28(35)29(32)15-19-31(20-16-29)18-9-14-23-10-5-3-6-11-23/h3-8,10-13,25H,2,9,14-22H2,1H3,(H,30,35). The number of amides is 2. The van der Waals surface area contributed by atoms with Gasteiger partial charge in [-0.3, -0.25) is 14.4 Å². The third-order valence-corrected chi connectivity index (χ3v) is 7.34. The van der Waals surface area contributed by atoms with Crippen molar-refractivity contribution in [3.63, 3.8) is 0 Å². The van der Waals surface area contributed by atoms with Gasteiger partial charge < -0.3 is 19.9 Å². The molecule has 1 spiro atoms. The minimum atomic E-state index is -0.873. The van der Waals surface area contributed by atoms with Crippen molar-refractivity contribution in [1.29, 1.82) is 0 Å². The van der Waals surface area contributed by atoms with E-state index in [9.17, 15) is 14.4 Å². The lowest BCUT2D eigenvalue weighted by molar-refractivity contribution is -0.163. The zero-order valence-corrected chi connectivity index (χ0v) is 21.2. The lowest BCUT2D eigenvalue weighted by atomic mass is 9.81. The van der Waals surface area contributed by atoms with Crippen molar-refractivity contribution in [2.45, 2.75) is 63.6 Å². The van der Waals surface area contributed by atoms with E-state index >= 15 is 0 Å². The monoisotopic (exact) mass is 491 g/mol. The van der Waals surface area contributed by atoms with Gasteiger partial charge in [-0.05, 0) is 49.8 Å². The van der Waals surface area contributed by atoms with Crippen molar-refractivity contribution in [1.82, 2.24) is 15.1 Å². The Morgan fingerprint density at radius 2 is 1.61 bits per heavy atom. The number of aryl methyl sites for hydroxylation is 1. The first kappa shape index (κ1) is 25.9. The van der Waals surface area contributed by atoms with Gasteiger partial charge in [0.1, 0.15) is 18.2 Å². The van der Waals surface area contributed by atoms with Gasteiger partial charge in [0.15, 0.2) is 0 Å². The molecule has 0 bridgehead atoms. The van der Waals surface area contributed by atoms with Crippen molar-refractivity contribution in [2.24, 2.45) is 0 Å². The molecule has 2 amide bonds. The highest BCUT2D eigenvalue weighted by atomic mass is 16.5. The van der Waals surface area contributed by atoms with E-state index in [4.69, 9.17) is 4.74 Å². The van der Waals surface area contributed by atoms with E-state index in [1.165, 1.54) is 5.56 Å². The normalized spacial score (nSPS) is 19.8. The molecule has 2 fully saturated rings. The fourth-order valence-corrected chi connectivity index (χ4v) is 5.32. The summed E-state index contributed by atoms with van der Waals surface area (Å²) in [6, 6.07) is 19.0. The molecule has 7 nitrogen and oxygen atoms in total. The number of carbonyl (C=O) groups is 3. The molecule has 0 saturated carbocycles. The molecule has 36 heavy (non-hydrogen) atoms. The molecule has 2 aliphatic heterocycles. The van der Waals surface area contributed by atoms with E-state index in [-0.39, 0.29) is 24.8 Å². The summed E-state index contributed by atoms with van der Waals surface area (Å²) in [5.74, 6) is -0.802. The minimum absolute atomic E-state index is 0.139. The molecular weight excluding hydrogens is 454 g/mol. The number of carbonyl (C=O) groups excluding carboxylic acids is 3. The highest BCUT2D eigenvalue weighted by Gasteiger charge is 2.53. The zero-order chi connectivity index (χ0) is 25.4. The Labute approximate surface area is 213 Å². The van der Waals surface area contributed by atoms with Crippen LogP contribution in [0.2, 0.25) is 0 Å². The topological polar surface area (TPSA) is 79.0 Å². The van der Waals surface area contributed by atoms with Crippen LogP contribution in [0.25, 0.3) is 0 Å². The number of nitrogens with one attached hydrogen (secondary N) is 1. The Hall–Kier alpha value is -3.19. The van der Waals surface area contributed by atoms with Crippen LogP contribution in [0.4, 0.5) is 0 Å². The Balaban J connectivity index is 1.32. The van der Waals surface area contributed by atoms with Crippen LogP contribution >= 0.6 is 0 Å². The van der Waals surface area contributed by atoms with Crippen molar-refractivity contribution in [3.8, 4) is 0 Å². The molecule has 0 radical (unpaired) electrons. The van der Waals surface area contributed by atoms with Gasteiger partial charge in [-0.1, -0.05) is 67.6 Å². The predicted octanol–water partition coefficient (Wildman–Crippen LogP) is 3.32. The highest BCUT2D eigenvalue weighted by Crippen LogP contribution is 2.33. The first-order valence-corrected chi connectivity index (χ1v) is 13.1. The highest BCUT2D eigenvalue weighted by molar-refractivity contribution is 6.01. The average molecular weight is 492 g/mol. The molecule has 1 N–H and O–H groups in total. The lowest BCUT2D eigenvalue weighted by Gasteiger charge is -2.51. The van der Waals surface area contributed by atoms with Crippen molar-refractivity contribution in [2.75, 3.05) is 26.2 Å². The number of piperazine rings is 1. The van der Waals surface area contributed by atoms with E-state index in [0.29, 0.717) is 19.4 Å². The minimum Gasteiger partial charge on any atom is -0.461 e. The molecule has 2 aromatic rings. The van der Waals surface area contributed by atoms with Gasteiger partial charge >= 0.3 is 5.97 Å². The summed E-state index contributed by atoms with van der Waals surface area (Å²) in [5.41, 5.74) is 1.39. The molecule has 7 heteroatoms. The molecular formula is C29H37N3O4. The first-order chi connectivity index (χ1) is 17.5. The van der Waals surface area contributed by atoms with Crippen molar-refractivity contribution >= 4 is 17.8 Å². The van der Waals surface area contributed by atoms with Crippen LogP contribution in [-0.4, -0.2) is 65.3 Å². The van der Waals surface area contributed by atoms with Gasteiger partial charge in [0.05, 0.1) is 6.42 Å². The quantitative estimate of drug-likeness (QED) is 0.516. The summed E-state index contributed by atoms with van der Waals surface area (Å²) in [6.07, 6.45) is 3.92. The molecule has 2 heterocycles. The van der Waals surface area contributed by atoms with Crippen LogP contribution in [0.5, 0.6) is 0 Å². The summed E-state index contributed by atoms with van der Waals surface area (Å²) in [5, 5.41) is 2.87. The molecule has 2 aliphatic rings. The van der Waals surface area contributed by atoms with Gasteiger partial charge in [-0.25, -0.2) is 0 Å². The maximum absolute atomic E-state index is 13.4. The zero-order valence-electron chi connectivity index (χ0n) is 21.2. The summed E-state index contributed by atoms with van der Waals surface area (Å²) >= 11 is 0. The maximum atomic E-state index is 13.4. The fourth-order valence-electron chi connectivity index (χ4n) is 5.32. The van der Waals surface area contributed by atoms with Crippen LogP contribution in [0.15, 0.2) is 60.7 Å². The largest absolute Gasteiger partial charge is 0.461 e. The van der Waals surface area contributed by atoms with E-state index in [1.54, 1.807) is 4.90 Å². The predicted molar refractivity (Wildman–Crippen MR) is 138 cm³/mol. The Morgan fingerprint density at radius 3 is 2.25 bits per heavy atom. The van der Waals surface area contributed by atoms with Crippen molar-refractivity contribution in [3.05, 3.63) is 71.8 Å². The number of ether oxygens (including phenoxy) is 1. The number of hydrogen-bond donors (Lipinski definition) is 1. The molecule has 2 saturated heterocycles. The lowest BCUT2D eigenvalue weighted by Crippen LogP contribution is -2.73. The van der Waals surface area contributed by atoms with E-state index in [2.05, 4.69) is 34.5 Å². The second-order valence-electron chi connectivity index (χ2n) is 9.83. The molecule has 0 aliphatic carbocycles. The summed E-state index contributed by atoms with van der Waals surface area (Å²) < 4.78 is 5.36. The Bertz CT molecular complexity index is 1020. The van der Waals surface area contributed by atoms with Gasteiger partial charge in [0.25, 0.3) is 0 Å². The van der Waals surface area contributed by atoms with Crippen LogP contribution in [0, 0.1) is 0 Å². The summed E-state index contributed by atoms with van der Waals surface area (Å²) in [4.78, 5) is 43.5. The Kier molecular flexibility index (Phi) is 8.75. The number of likely N-dealkylation sites (tertiary alicyclic amines) is 1.